The van der Waals surface area contributed by atoms with Crippen LogP contribution in [0.15, 0.2) is 72.3 Å². The fourth-order valence-electron chi connectivity index (χ4n) is 5.17. The average Bonchev–Trinajstić information content (AvgIpc) is 3.18. The van der Waals surface area contributed by atoms with Crippen molar-refractivity contribution >= 4 is 40.4 Å². The van der Waals surface area contributed by atoms with E-state index in [1.807, 2.05) is 36.2 Å². The number of aliphatic hydroxyl groups excluding tert-OH is 1. The second-order valence-electron chi connectivity index (χ2n) is 11.2. The number of benzene rings is 3. The van der Waals surface area contributed by atoms with Crippen molar-refractivity contribution in [2.75, 3.05) is 35.3 Å². The number of likely N-dealkylation sites (N-methyl/N-ethyl adjacent to an activating group) is 1. The van der Waals surface area contributed by atoms with Gasteiger partial charge in [-0.05, 0) is 52.9 Å². The highest BCUT2D eigenvalue weighted by Gasteiger charge is 2.47. The molecule has 8 heteroatoms. The number of ether oxygens (including phenoxy) is 1. The van der Waals surface area contributed by atoms with E-state index < -0.39 is 17.7 Å². The summed E-state index contributed by atoms with van der Waals surface area (Å²) in [7, 11) is 1.93. The van der Waals surface area contributed by atoms with Crippen LogP contribution in [0.1, 0.15) is 50.4 Å². The number of anilines is 3. The molecule has 3 aromatic carbocycles. The van der Waals surface area contributed by atoms with Crippen molar-refractivity contribution in [1.82, 2.24) is 0 Å². The van der Waals surface area contributed by atoms with Gasteiger partial charge in [0, 0.05) is 30.9 Å². The molecule has 2 N–H and O–H groups in total. The first-order chi connectivity index (χ1) is 19.0. The lowest BCUT2D eigenvalue weighted by molar-refractivity contribution is -0.132. The number of aliphatic hydroxyl groups is 1. The first kappa shape index (κ1) is 27.0. The molecule has 2 aliphatic heterocycles. The number of hydrogen-bond donors (Lipinski definition) is 2. The van der Waals surface area contributed by atoms with E-state index in [4.69, 9.17) is 4.74 Å². The summed E-state index contributed by atoms with van der Waals surface area (Å²) in [4.78, 5) is 42.3. The average molecular weight is 540 g/mol. The lowest BCUT2D eigenvalue weighted by Crippen LogP contribution is -2.29. The number of nitrogens with zero attached hydrogens (tertiary/aromatic N) is 2. The van der Waals surface area contributed by atoms with Gasteiger partial charge >= 0.3 is 0 Å². The monoisotopic (exact) mass is 539 g/mol. The Morgan fingerprint density at radius 1 is 1.02 bits per heavy atom. The summed E-state index contributed by atoms with van der Waals surface area (Å²) in [6.45, 7) is 8.97. The van der Waals surface area contributed by atoms with Crippen LogP contribution in [0.4, 0.5) is 17.1 Å². The van der Waals surface area contributed by atoms with Crippen molar-refractivity contribution in [2.45, 2.75) is 39.2 Å². The highest BCUT2D eigenvalue weighted by molar-refractivity contribution is 6.51. The Bertz CT molecular complexity index is 1530. The number of fused-ring (bicyclic) bond motifs is 1. The minimum Gasteiger partial charge on any atom is -0.507 e. The molecule has 206 valence electrons. The molecule has 1 saturated heterocycles. The minimum atomic E-state index is -0.883. The van der Waals surface area contributed by atoms with E-state index in [1.54, 1.807) is 42.5 Å². The third-order valence-electron chi connectivity index (χ3n) is 7.31. The van der Waals surface area contributed by atoms with Gasteiger partial charge in [0.05, 0.1) is 23.8 Å². The molecule has 1 unspecified atom stereocenters. The molecule has 2 amide bonds. The number of hydrogen-bond acceptors (Lipinski definition) is 6. The van der Waals surface area contributed by atoms with Crippen LogP contribution in [0.3, 0.4) is 0 Å². The summed E-state index contributed by atoms with van der Waals surface area (Å²) in [5.74, 6) is -1.37. The second kappa shape index (κ2) is 10.2. The predicted molar refractivity (Wildman–Crippen MR) is 156 cm³/mol. The van der Waals surface area contributed by atoms with Gasteiger partial charge in [-0.25, -0.2) is 0 Å². The van der Waals surface area contributed by atoms with Crippen molar-refractivity contribution in [2.24, 2.45) is 0 Å². The SMILES string of the molecule is CC(=O)Nc1cccc(N2C(=O)C(=O)/C(=C(\O)c3ccc4c(c3)N(C)CCO4)C2c2ccc(C(C)(C)C)cc2)c1. The van der Waals surface area contributed by atoms with Crippen LogP contribution >= 0.6 is 0 Å². The number of ketones is 1. The summed E-state index contributed by atoms with van der Waals surface area (Å²) in [5, 5.41) is 14.3. The van der Waals surface area contributed by atoms with E-state index in [9.17, 15) is 19.5 Å². The minimum absolute atomic E-state index is 0.00207. The first-order valence-electron chi connectivity index (χ1n) is 13.2. The van der Waals surface area contributed by atoms with E-state index in [-0.39, 0.29) is 22.7 Å². The maximum Gasteiger partial charge on any atom is 0.300 e. The van der Waals surface area contributed by atoms with E-state index in [0.29, 0.717) is 41.4 Å². The Labute approximate surface area is 233 Å². The molecule has 1 atom stereocenters. The lowest BCUT2D eigenvalue weighted by atomic mass is 9.85. The molecule has 3 aromatic rings. The van der Waals surface area contributed by atoms with Gasteiger partial charge in [-0.3, -0.25) is 19.3 Å². The number of rotatable bonds is 4. The van der Waals surface area contributed by atoms with Crippen molar-refractivity contribution in [3.05, 3.63) is 89.0 Å². The Balaban J connectivity index is 1.68. The molecule has 0 spiro atoms. The van der Waals surface area contributed by atoms with E-state index in [1.165, 1.54) is 11.8 Å². The summed E-state index contributed by atoms with van der Waals surface area (Å²) in [6, 6.07) is 18.9. The molecule has 2 aliphatic rings. The summed E-state index contributed by atoms with van der Waals surface area (Å²) in [6.07, 6.45) is 0. The summed E-state index contributed by atoms with van der Waals surface area (Å²) in [5.41, 5.74) is 3.80. The topological polar surface area (TPSA) is 99.2 Å². The highest BCUT2D eigenvalue weighted by atomic mass is 16.5. The largest absolute Gasteiger partial charge is 0.507 e. The quantitative estimate of drug-likeness (QED) is 0.262. The van der Waals surface area contributed by atoms with Crippen molar-refractivity contribution in [1.29, 1.82) is 0 Å². The van der Waals surface area contributed by atoms with Gasteiger partial charge in [0.25, 0.3) is 11.7 Å². The smallest absolute Gasteiger partial charge is 0.300 e. The standard InChI is InChI=1S/C32H33N3O5/c1-19(36)33-23-7-6-8-24(18-23)35-28(20-9-12-22(13-10-20)32(2,3)4)27(30(38)31(35)39)29(37)21-11-14-26-25(17-21)34(5)15-16-40-26/h6-14,17-18,28,37H,15-16H2,1-5H3,(H,33,36)/b29-27-. The molecule has 40 heavy (non-hydrogen) atoms. The lowest BCUT2D eigenvalue weighted by Gasteiger charge is -2.28. The number of carbonyl (C=O) groups is 3. The molecule has 0 saturated carbocycles. The van der Waals surface area contributed by atoms with E-state index in [2.05, 4.69) is 26.1 Å². The Morgan fingerprint density at radius 2 is 1.75 bits per heavy atom. The molecule has 0 bridgehead atoms. The zero-order chi connectivity index (χ0) is 28.8. The summed E-state index contributed by atoms with van der Waals surface area (Å²) >= 11 is 0. The molecule has 0 aliphatic carbocycles. The van der Waals surface area contributed by atoms with Gasteiger partial charge in [-0.1, -0.05) is 51.1 Å². The Kier molecular flexibility index (Phi) is 6.87. The van der Waals surface area contributed by atoms with Crippen LogP contribution in [0.5, 0.6) is 5.75 Å². The molecule has 1 fully saturated rings. The molecule has 0 radical (unpaired) electrons. The second-order valence-corrected chi connectivity index (χ2v) is 11.2. The van der Waals surface area contributed by atoms with Crippen LogP contribution in [-0.2, 0) is 19.8 Å². The fraction of sp³-hybridized carbons (Fsp3) is 0.281. The predicted octanol–water partition coefficient (Wildman–Crippen LogP) is 5.40. The van der Waals surface area contributed by atoms with Gasteiger partial charge in [0.2, 0.25) is 5.91 Å². The number of carbonyl (C=O) groups excluding carboxylic acids is 3. The molecular formula is C32H33N3O5. The molecule has 8 nitrogen and oxygen atoms in total. The zero-order valence-corrected chi connectivity index (χ0v) is 23.3. The number of nitrogens with one attached hydrogen (secondary N) is 1. The van der Waals surface area contributed by atoms with Gasteiger partial charge < -0.3 is 20.1 Å². The normalized spacial score (nSPS) is 18.4. The third-order valence-corrected chi connectivity index (χ3v) is 7.31. The van der Waals surface area contributed by atoms with Gasteiger partial charge in [0.15, 0.2) is 0 Å². The molecular weight excluding hydrogens is 506 g/mol. The molecule has 5 rings (SSSR count). The van der Waals surface area contributed by atoms with Crippen LogP contribution in [0.25, 0.3) is 5.76 Å². The number of Topliss-reactive ketones (excluding diaryl/α,β-unsaturated/α-hetero) is 1. The van der Waals surface area contributed by atoms with Crippen LogP contribution in [-0.4, -0.2) is 42.9 Å². The number of amides is 2. The Morgan fingerprint density at radius 3 is 2.42 bits per heavy atom. The van der Waals surface area contributed by atoms with E-state index >= 15 is 0 Å². The summed E-state index contributed by atoms with van der Waals surface area (Å²) < 4.78 is 5.74. The third kappa shape index (κ3) is 4.93. The maximum absolute atomic E-state index is 13.6. The van der Waals surface area contributed by atoms with Crippen molar-refractivity contribution in [3.63, 3.8) is 0 Å². The maximum atomic E-state index is 13.6. The van der Waals surface area contributed by atoms with Gasteiger partial charge in [-0.15, -0.1) is 0 Å². The molecule has 0 aromatic heterocycles. The first-order valence-corrected chi connectivity index (χ1v) is 13.2. The molecule has 2 heterocycles. The van der Waals surface area contributed by atoms with E-state index in [0.717, 1.165) is 11.3 Å². The zero-order valence-electron chi connectivity index (χ0n) is 23.3. The Hall–Kier alpha value is -4.59. The van der Waals surface area contributed by atoms with Gasteiger partial charge in [-0.2, -0.15) is 0 Å². The van der Waals surface area contributed by atoms with Crippen LogP contribution < -0.4 is 19.9 Å². The van der Waals surface area contributed by atoms with Gasteiger partial charge in [0.1, 0.15) is 18.1 Å². The van der Waals surface area contributed by atoms with Crippen LogP contribution in [0, 0.1) is 0 Å². The van der Waals surface area contributed by atoms with Crippen molar-refractivity contribution < 1.29 is 24.2 Å². The van der Waals surface area contributed by atoms with Crippen LogP contribution in [0.2, 0.25) is 0 Å². The fourth-order valence-corrected chi connectivity index (χ4v) is 5.17. The van der Waals surface area contributed by atoms with Crippen molar-refractivity contribution in [3.8, 4) is 5.75 Å². The highest BCUT2D eigenvalue weighted by Crippen LogP contribution is 2.44.